The van der Waals surface area contributed by atoms with Gasteiger partial charge in [0.15, 0.2) is 0 Å². The van der Waals surface area contributed by atoms with E-state index in [1.807, 2.05) is 12.1 Å². The molecule has 0 fully saturated rings. The standard InChI is InChI=1S/C17H23NO2/c19-17(20)15-8-10-16(11-9-15)18-13-12-14-6-4-2-1-3-5-7-14/h6,8-11,18H,1-5,7,12-13H2,(H,19,20)/b14-6+. The fraction of sp³-hybridized carbons (Fsp3) is 0.471. The molecule has 2 rings (SSSR count). The van der Waals surface area contributed by atoms with Crippen LogP contribution in [0.5, 0.6) is 0 Å². The summed E-state index contributed by atoms with van der Waals surface area (Å²) >= 11 is 0. The van der Waals surface area contributed by atoms with Crippen molar-refractivity contribution in [1.82, 2.24) is 0 Å². The molecule has 2 N–H and O–H groups in total. The molecule has 0 aliphatic heterocycles. The number of anilines is 1. The molecular weight excluding hydrogens is 250 g/mol. The number of allylic oxidation sites excluding steroid dienone is 1. The van der Waals surface area contributed by atoms with Crippen LogP contribution in [0.4, 0.5) is 5.69 Å². The zero-order valence-corrected chi connectivity index (χ0v) is 11.9. The number of hydrogen-bond acceptors (Lipinski definition) is 2. The van der Waals surface area contributed by atoms with Crippen molar-refractivity contribution in [3.63, 3.8) is 0 Å². The lowest BCUT2D eigenvalue weighted by atomic mass is 9.98. The van der Waals surface area contributed by atoms with E-state index in [-0.39, 0.29) is 0 Å². The van der Waals surface area contributed by atoms with Crippen LogP contribution in [0.15, 0.2) is 35.9 Å². The van der Waals surface area contributed by atoms with Gasteiger partial charge in [-0.15, -0.1) is 0 Å². The summed E-state index contributed by atoms with van der Waals surface area (Å²) in [6.07, 6.45) is 11.3. The summed E-state index contributed by atoms with van der Waals surface area (Å²) in [5, 5.41) is 12.2. The van der Waals surface area contributed by atoms with Gasteiger partial charge in [-0.2, -0.15) is 0 Å². The largest absolute Gasteiger partial charge is 0.478 e. The van der Waals surface area contributed by atoms with Crippen molar-refractivity contribution in [3.05, 3.63) is 41.5 Å². The molecule has 1 aliphatic rings. The molecule has 0 atom stereocenters. The highest BCUT2D eigenvalue weighted by atomic mass is 16.4. The van der Waals surface area contributed by atoms with Gasteiger partial charge in [0.05, 0.1) is 5.56 Å². The van der Waals surface area contributed by atoms with Crippen LogP contribution in [0.1, 0.15) is 55.3 Å². The minimum atomic E-state index is -0.878. The van der Waals surface area contributed by atoms with Gasteiger partial charge in [-0.3, -0.25) is 0 Å². The predicted octanol–water partition coefficient (Wildman–Crippen LogP) is 4.47. The highest BCUT2D eigenvalue weighted by molar-refractivity contribution is 5.87. The highest BCUT2D eigenvalue weighted by Gasteiger charge is 2.03. The molecule has 0 heterocycles. The second-order valence-electron chi connectivity index (χ2n) is 5.37. The first-order chi connectivity index (χ1) is 9.75. The first-order valence-electron chi connectivity index (χ1n) is 7.51. The molecule has 0 amide bonds. The molecule has 0 bridgehead atoms. The fourth-order valence-corrected chi connectivity index (χ4v) is 2.58. The van der Waals surface area contributed by atoms with Crippen LogP contribution in [0.2, 0.25) is 0 Å². The number of nitrogens with one attached hydrogen (secondary N) is 1. The molecule has 0 unspecified atom stereocenters. The van der Waals surface area contributed by atoms with Crippen molar-refractivity contribution in [2.75, 3.05) is 11.9 Å². The molecule has 0 saturated carbocycles. The van der Waals surface area contributed by atoms with Crippen LogP contribution in [0, 0.1) is 0 Å². The summed E-state index contributed by atoms with van der Waals surface area (Å²) in [4.78, 5) is 10.8. The molecule has 1 aromatic carbocycles. The maximum absolute atomic E-state index is 10.8. The first kappa shape index (κ1) is 14.6. The molecule has 0 spiro atoms. The molecule has 20 heavy (non-hydrogen) atoms. The third-order valence-electron chi connectivity index (χ3n) is 3.79. The molecule has 0 saturated heterocycles. The van der Waals surface area contributed by atoms with Crippen molar-refractivity contribution >= 4 is 11.7 Å². The molecule has 0 aromatic heterocycles. The number of carboxylic acid groups (broad SMARTS) is 1. The van der Waals surface area contributed by atoms with Crippen molar-refractivity contribution in [1.29, 1.82) is 0 Å². The van der Waals surface area contributed by atoms with Gasteiger partial charge < -0.3 is 10.4 Å². The van der Waals surface area contributed by atoms with Gasteiger partial charge in [0.25, 0.3) is 0 Å². The van der Waals surface area contributed by atoms with Crippen molar-refractivity contribution in [2.45, 2.75) is 44.9 Å². The zero-order valence-electron chi connectivity index (χ0n) is 11.9. The predicted molar refractivity (Wildman–Crippen MR) is 82.3 cm³/mol. The van der Waals surface area contributed by atoms with Crippen LogP contribution in [-0.4, -0.2) is 17.6 Å². The van der Waals surface area contributed by atoms with Crippen molar-refractivity contribution in [3.8, 4) is 0 Å². The third-order valence-corrected chi connectivity index (χ3v) is 3.79. The summed E-state index contributed by atoms with van der Waals surface area (Å²) in [6, 6.07) is 6.94. The van der Waals surface area contributed by atoms with Crippen LogP contribution in [0.3, 0.4) is 0 Å². The van der Waals surface area contributed by atoms with Crippen molar-refractivity contribution in [2.24, 2.45) is 0 Å². The van der Waals surface area contributed by atoms with Gasteiger partial charge in [0, 0.05) is 12.2 Å². The Kier molecular flexibility index (Phi) is 5.66. The summed E-state index contributed by atoms with van der Waals surface area (Å²) in [5.74, 6) is -0.878. The van der Waals surface area contributed by atoms with E-state index in [0.29, 0.717) is 5.56 Å². The maximum atomic E-state index is 10.8. The average molecular weight is 273 g/mol. The minimum Gasteiger partial charge on any atom is -0.478 e. The average Bonchev–Trinajstić information content (AvgIpc) is 2.41. The minimum absolute atomic E-state index is 0.332. The van der Waals surface area contributed by atoms with E-state index in [1.165, 1.54) is 38.5 Å². The Hall–Kier alpha value is -1.77. The lowest BCUT2D eigenvalue weighted by molar-refractivity contribution is 0.0697. The summed E-state index contributed by atoms with van der Waals surface area (Å²) in [5.41, 5.74) is 2.89. The second-order valence-corrected chi connectivity index (χ2v) is 5.37. The molecule has 3 nitrogen and oxygen atoms in total. The Balaban J connectivity index is 1.78. The van der Waals surface area contributed by atoms with Crippen LogP contribution in [-0.2, 0) is 0 Å². The van der Waals surface area contributed by atoms with Gasteiger partial charge in [-0.1, -0.05) is 24.5 Å². The Morgan fingerprint density at radius 2 is 1.85 bits per heavy atom. The Bertz CT molecular complexity index is 462. The van der Waals surface area contributed by atoms with E-state index >= 15 is 0 Å². The smallest absolute Gasteiger partial charge is 0.335 e. The molecule has 0 radical (unpaired) electrons. The summed E-state index contributed by atoms with van der Waals surface area (Å²) in [6.45, 7) is 0.915. The quantitative estimate of drug-likeness (QED) is 0.778. The highest BCUT2D eigenvalue weighted by Crippen LogP contribution is 2.19. The van der Waals surface area contributed by atoms with Gasteiger partial charge in [-0.05, 0) is 56.4 Å². The Morgan fingerprint density at radius 1 is 1.10 bits per heavy atom. The molecule has 108 valence electrons. The lowest BCUT2D eigenvalue weighted by Crippen LogP contribution is -2.04. The van der Waals surface area contributed by atoms with Crippen LogP contribution >= 0.6 is 0 Å². The van der Waals surface area contributed by atoms with Crippen LogP contribution < -0.4 is 5.32 Å². The number of hydrogen-bond donors (Lipinski definition) is 2. The second kappa shape index (κ2) is 7.73. The van der Waals surface area contributed by atoms with E-state index in [1.54, 1.807) is 17.7 Å². The topological polar surface area (TPSA) is 49.3 Å². The first-order valence-corrected chi connectivity index (χ1v) is 7.51. The Labute approximate surface area is 120 Å². The zero-order chi connectivity index (χ0) is 14.2. The SMILES string of the molecule is O=C(O)c1ccc(NCC/C2=C/CCCCCC2)cc1. The van der Waals surface area contributed by atoms with E-state index in [0.717, 1.165) is 18.7 Å². The number of aromatic carboxylic acids is 1. The fourth-order valence-electron chi connectivity index (χ4n) is 2.58. The number of rotatable bonds is 5. The van der Waals surface area contributed by atoms with Gasteiger partial charge in [-0.25, -0.2) is 4.79 Å². The van der Waals surface area contributed by atoms with E-state index in [9.17, 15) is 4.79 Å². The molecular formula is C17H23NO2. The normalized spacial score (nSPS) is 18.5. The van der Waals surface area contributed by atoms with Gasteiger partial charge in [0.1, 0.15) is 0 Å². The van der Waals surface area contributed by atoms with Gasteiger partial charge >= 0.3 is 5.97 Å². The maximum Gasteiger partial charge on any atom is 0.335 e. The number of carbonyl (C=O) groups is 1. The Morgan fingerprint density at radius 3 is 2.60 bits per heavy atom. The number of benzene rings is 1. The van der Waals surface area contributed by atoms with E-state index < -0.39 is 5.97 Å². The van der Waals surface area contributed by atoms with Gasteiger partial charge in [0.2, 0.25) is 0 Å². The summed E-state index contributed by atoms with van der Waals surface area (Å²) < 4.78 is 0. The monoisotopic (exact) mass is 273 g/mol. The third kappa shape index (κ3) is 4.72. The van der Waals surface area contributed by atoms with Crippen LogP contribution in [0.25, 0.3) is 0 Å². The molecule has 3 heteroatoms. The van der Waals surface area contributed by atoms with E-state index in [2.05, 4.69) is 11.4 Å². The lowest BCUT2D eigenvalue weighted by Gasteiger charge is -2.12. The van der Waals surface area contributed by atoms with Crippen molar-refractivity contribution < 1.29 is 9.90 Å². The number of carboxylic acids is 1. The molecule has 1 aromatic rings. The molecule has 1 aliphatic carbocycles. The van der Waals surface area contributed by atoms with E-state index in [4.69, 9.17) is 5.11 Å². The summed E-state index contributed by atoms with van der Waals surface area (Å²) in [7, 11) is 0.